The summed E-state index contributed by atoms with van der Waals surface area (Å²) >= 11 is 0. The van der Waals surface area contributed by atoms with Crippen LogP contribution in [0.5, 0.6) is 0 Å². The molecular formula is C34H59N2+. The van der Waals surface area contributed by atoms with Gasteiger partial charge in [0.05, 0.1) is 5.92 Å². The smallest absolute Gasteiger partial charge is 0.247 e. The molecule has 36 heavy (non-hydrogen) atoms. The second kappa shape index (κ2) is 21.5. The second-order valence-corrected chi connectivity index (χ2v) is 11.2. The summed E-state index contributed by atoms with van der Waals surface area (Å²) in [5, 5.41) is 0. The lowest BCUT2D eigenvalue weighted by Crippen LogP contribution is -2.34. The summed E-state index contributed by atoms with van der Waals surface area (Å²) in [7, 11) is 0. The zero-order valence-electron chi connectivity index (χ0n) is 24.1. The van der Waals surface area contributed by atoms with E-state index in [1.165, 1.54) is 153 Å². The number of hydrogen-bond donors (Lipinski definition) is 1. The summed E-state index contributed by atoms with van der Waals surface area (Å²) in [4.78, 5) is 3.63. The molecule has 1 aromatic carbocycles. The first-order chi connectivity index (χ1) is 17.9. The van der Waals surface area contributed by atoms with E-state index in [2.05, 4.69) is 66.1 Å². The molecule has 2 aromatic rings. The van der Waals surface area contributed by atoms with Gasteiger partial charge in [0.25, 0.3) is 5.82 Å². The number of aromatic nitrogens is 2. The molecule has 0 aliphatic heterocycles. The Morgan fingerprint density at radius 2 is 0.972 bits per heavy atom. The van der Waals surface area contributed by atoms with Crippen molar-refractivity contribution in [1.82, 2.24) is 4.98 Å². The van der Waals surface area contributed by atoms with Crippen LogP contribution in [-0.2, 0) is 0 Å². The van der Waals surface area contributed by atoms with Gasteiger partial charge in [0, 0.05) is 0 Å². The van der Waals surface area contributed by atoms with Gasteiger partial charge in [-0.3, -0.25) is 0 Å². The van der Waals surface area contributed by atoms with Crippen LogP contribution in [0, 0.1) is 0 Å². The first-order valence-corrected chi connectivity index (χ1v) is 16.0. The standard InChI is InChI=1S/C34H58N2/c1-3-5-7-9-11-12-13-14-15-16-18-20-23-27-32(26-22-19-17-10-8-6-4-2)34-35-30-31-36(34)33-28-24-21-25-29-33/h21,24-25,28-32H,3-20,22-23,26-27H2,1-2H3/p+1/t32-/m0/s1. The highest BCUT2D eigenvalue weighted by Gasteiger charge is 2.23. The maximum Gasteiger partial charge on any atom is 0.262 e. The number of para-hydroxylation sites is 1. The average molecular weight is 496 g/mol. The Kier molecular flexibility index (Phi) is 18.3. The number of rotatable bonds is 24. The van der Waals surface area contributed by atoms with Gasteiger partial charge in [-0.25, -0.2) is 4.98 Å². The van der Waals surface area contributed by atoms with Gasteiger partial charge in [-0.15, -0.1) is 0 Å². The Morgan fingerprint density at radius 3 is 1.42 bits per heavy atom. The topological polar surface area (TPSA) is 19.7 Å². The van der Waals surface area contributed by atoms with Crippen LogP contribution >= 0.6 is 0 Å². The molecule has 0 saturated carbocycles. The molecule has 1 atom stereocenters. The van der Waals surface area contributed by atoms with Crippen molar-refractivity contribution in [3.05, 3.63) is 48.5 Å². The minimum atomic E-state index is 0.642. The molecule has 0 unspecified atom stereocenters. The highest BCUT2D eigenvalue weighted by molar-refractivity contribution is 5.22. The average Bonchev–Trinajstić information content (AvgIpc) is 3.40. The Morgan fingerprint density at radius 1 is 0.556 bits per heavy atom. The van der Waals surface area contributed by atoms with Crippen molar-refractivity contribution < 1.29 is 4.57 Å². The van der Waals surface area contributed by atoms with Crippen molar-refractivity contribution in [3.63, 3.8) is 0 Å². The SMILES string of the molecule is CCCCCCCCCCCCCCC[C@H](CCCCCCCCC)c1[nH]cc[n+]1-c1ccccc1. The molecule has 2 nitrogen and oxygen atoms in total. The number of nitrogens with one attached hydrogen (secondary N) is 1. The molecule has 1 N–H and O–H groups in total. The van der Waals surface area contributed by atoms with E-state index < -0.39 is 0 Å². The fourth-order valence-electron chi connectivity index (χ4n) is 5.65. The Bertz CT molecular complexity index is 720. The number of aromatic amines is 1. The van der Waals surface area contributed by atoms with Crippen molar-refractivity contribution in [2.24, 2.45) is 0 Å². The maximum atomic E-state index is 3.63. The number of hydrogen-bond acceptors (Lipinski definition) is 0. The van der Waals surface area contributed by atoms with Gasteiger partial charge in [-0.2, -0.15) is 4.57 Å². The van der Waals surface area contributed by atoms with Crippen molar-refractivity contribution in [2.45, 2.75) is 161 Å². The van der Waals surface area contributed by atoms with Crippen LogP contribution in [-0.4, -0.2) is 4.98 Å². The van der Waals surface area contributed by atoms with Crippen molar-refractivity contribution in [1.29, 1.82) is 0 Å². The molecule has 1 aromatic heterocycles. The summed E-state index contributed by atoms with van der Waals surface area (Å²) in [6, 6.07) is 10.9. The molecular weight excluding hydrogens is 436 g/mol. The summed E-state index contributed by atoms with van der Waals surface area (Å²) in [6.07, 6.45) is 35.3. The van der Waals surface area contributed by atoms with Crippen LogP contribution in [0.1, 0.15) is 167 Å². The van der Waals surface area contributed by atoms with E-state index in [9.17, 15) is 0 Å². The van der Waals surface area contributed by atoms with Crippen LogP contribution in [0.15, 0.2) is 42.7 Å². The molecule has 0 fully saturated rings. The van der Waals surface area contributed by atoms with Gasteiger partial charge < -0.3 is 0 Å². The zero-order chi connectivity index (χ0) is 25.5. The van der Waals surface area contributed by atoms with E-state index in [4.69, 9.17) is 0 Å². The van der Waals surface area contributed by atoms with E-state index in [1.54, 1.807) is 0 Å². The molecule has 0 amide bonds. The van der Waals surface area contributed by atoms with Gasteiger partial charge in [0.15, 0.2) is 0 Å². The highest BCUT2D eigenvalue weighted by Crippen LogP contribution is 2.27. The van der Waals surface area contributed by atoms with E-state index in [1.807, 2.05) is 0 Å². The maximum absolute atomic E-state index is 3.63. The fraction of sp³-hybridized carbons (Fsp3) is 0.735. The van der Waals surface area contributed by atoms with Crippen molar-refractivity contribution in [2.75, 3.05) is 0 Å². The molecule has 1 heterocycles. The predicted octanol–water partition coefficient (Wildman–Crippen LogP) is 11.0. The Balaban J connectivity index is 1.69. The number of imidazole rings is 1. The second-order valence-electron chi connectivity index (χ2n) is 11.2. The Labute approximate surface area is 224 Å². The van der Waals surface area contributed by atoms with E-state index in [0.717, 1.165) is 0 Å². The van der Waals surface area contributed by atoms with Gasteiger partial charge >= 0.3 is 0 Å². The number of benzene rings is 1. The van der Waals surface area contributed by atoms with E-state index in [-0.39, 0.29) is 0 Å². The van der Waals surface area contributed by atoms with Crippen LogP contribution in [0.2, 0.25) is 0 Å². The third-order valence-corrected chi connectivity index (χ3v) is 7.95. The van der Waals surface area contributed by atoms with Crippen molar-refractivity contribution in [3.8, 4) is 5.69 Å². The third kappa shape index (κ3) is 13.7. The van der Waals surface area contributed by atoms with Crippen LogP contribution in [0.25, 0.3) is 5.69 Å². The zero-order valence-corrected chi connectivity index (χ0v) is 24.1. The minimum Gasteiger partial charge on any atom is -0.247 e. The Hall–Kier alpha value is -1.57. The normalized spacial score (nSPS) is 12.3. The van der Waals surface area contributed by atoms with E-state index in [0.29, 0.717) is 5.92 Å². The molecule has 2 rings (SSSR count). The van der Waals surface area contributed by atoms with Crippen LogP contribution in [0.3, 0.4) is 0 Å². The lowest BCUT2D eigenvalue weighted by atomic mass is 9.93. The van der Waals surface area contributed by atoms with E-state index >= 15 is 0 Å². The largest absolute Gasteiger partial charge is 0.262 e. The van der Waals surface area contributed by atoms with Crippen LogP contribution < -0.4 is 4.57 Å². The van der Waals surface area contributed by atoms with Gasteiger partial charge in [0.2, 0.25) is 0 Å². The molecule has 0 aliphatic rings. The monoisotopic (exact) mass is 495 g/mol. The molecule has 2 heteroatoms. The minimum absolute atomic E-state index is 0.642. The summed E-state index contributed by atoms with van der Waals surface area (Å²) in [5.74, 6) is 2.05. The predicted molar refractivity (Wildman–Crippen MR) is 158 cm³/mol. The number of unbranched alkanes of at least 4 members (excludes halogenated alkanes) is 18. The summed E-state index contributed by atoms with van der Waals surface area (Å²) in [5.41, 5.74) is 1.28. The van der Waals surface area contributed by atoms with Gasteiger partial charge in [0.1, 0.15) is 18.1 Å². The molecule has 0 spiro atoms. The summed E-state index contributed by atoms with van der Waals surface area (Å²) < 4.78 is 2.40. The molecule has 0 radical (unpaired) electrons. The lowest BCUT2D eigenvalue weighted by Gasteiger charge is -2.14. The highest BCUT2D eigenvalue weighted by atomic mass is 15.1. The van der Waals surface area contributed by atoms with Gasteiger partial charge in [-0.1, -0.05) is 160 Å². The number of H-pyrrole nitrogens is 1. The molecule has 0 aliphatic carbocycles. The van der Waals surface area contributed by atoms with Crippen molar-refractivity contribution >= 4 is 0 Å². The summed E-state index contributed by atoms with van der Waals surface area (Å²) in [6.45, 7) is 4.61. The number of nitrogens with zero attached hydrogens (tertiary/aromatic N) is 1. The molecule has 0 saturated heterocycles. The van der Waals surface area contributed by atoms with Gasteiger partial charge in [-0.05, 0) is 25.0 Å². The van der Waals surface area contributed by atoms with Crippen LogP contribution in [0.4, 0.5) is 0 Å². The molecule has 204 valence electrons. The first-order valence-electron chi connectivity index (χ1n) is 16.0. The fourth-order valence-corrected chi connectivity index (χ4v) is 5.65. The first kappa shape index (κ1) is 30.7. The quantitative estimate of drug-likeness (QED) is 0.110. The molecule has 0 bridgehead atoms. The third-order valence-electron chi connectivity index (χ3n) is 7.95. The lowest BCUT2D eigenvalue weighted by molar-refractivity contribution is -0.604.